The zero-order valence-electron chi connectivity index (χ0n) is 12.5. The van der Waals surface area contributed by atoms with Gasteiger partial charge in [0.1, 0.15) is 11.5 Å². The van der Waals surface area contributed by atoms with Gasteiger partial charge < -0.3 is 20.1 Å². The largest absolute Gasteiger partial charge is 0.573 e. The molecular formula is C16H11F3N2O4. The zero-order valence-corrected chi connectivity index (χ0v) is 12.5. The monoisotopic (exact) mass is 352 g/mol. The van der Waals surface area contributed by atoms with Crippen molar-refractivity contribution < 1.29 is 32.2 Å². The van der Waals surface area contributed by atoms with Crippen LogP contribution in [0.25, 0.3) is 0 Å². The summed E-state index contributed by atoms with van der Waals surface area (Å²) in [6.45, 7) is -0.0924. The highest BCUT2D eigenvalue weighted by Gasteiger charge is 2.31. The van der Waals surface area contributed by atoms with Gasteiger partial charge in [0, 0.05) is 11.3 Å². The quantitative estimate of drug-likeness (QED) is 0.890. The molecule has 6 nitrogen and oxygen atoms in total. The maximum atomic E-state index is 12.2. The zero-order chi connectivity index (χ0) is 18.0. The van der Waals surface area contributed by atoms with Gasteiger partial charge in [-0.05, 0) is 42.5 Å². The van der Waals surface area contributed by atoms with Crippen LogP contribution >= 0.6 is 0 Å². The van der Waals surface area contributed by atoms with E-state index in [1.165, 1.54) is 24.3 Å². The molecule has 0 saturated heterocycles. The number of benzene rings is 2. The molecule has 0 aliphatic carbocycles. The third kappa shape index (κ3) is 4.19. The van der Waals surface area contributed by atoms with E-state index >= 15 is 0 Å². The summed E-state index contributed by atoms with van der Waals surface area (Å²) in [5, 5.41) is 5.12. The van der Waals surface area contributed by atoms with Crippen molar-refractivity contribution in [1.29, 1.82) is 0 Å². The summed E-state index contributed by atoms with van der Waals surface area (Å²) in [6.07, 6.45) is -4.78. The molecule has 0 spiro atoms. The number of hydrogen-bond acceptors (Lipinski definition) is 4. The maximum absolute atomic E-state index is 12.2. The van der Waals surface area contributed by atoms with Gasteiger partial charge in [-0.25, -0.2) is 0 Å². The van der Waals surface area contributed by atoms with E-state index in [1.807, 2.05) is 0 Å². The van der Waals surface area contributed by atoms with Gasteiger partial charge in [-0.3, -0.25) is 9.59 Å². The van der Waals surface area contributed by atoms with Crippen LogP contribution in [-0.4, -0.2) is 24.8 Å². The number of nitrogens with one attached hydrogen (secondary N) is 2. The van der Waals surface area contributed by atoms with Crippen LogP contribution in [0.5, 0.6) is 11.5 Å². The second-order valence-corrected chi connectivity index (χ2v) is 5.07. The molecule has 130 valence electrons. The van der Waals surface area contributed by atoms with E-state index in [0.717, 1.165) is 12.1 Å². The molecule has 2 N–H and O–H groups in total. The Balaban J connectivity index is 1.70. The number of amides is 2. The molecule has 2 aromatic carbocycles. The molecule has 1 heterocycles. The maximum Gasteiger partial charge on any atom is 0.573 e. The molecule has 0 aromatic heterocycles. The van der Waals surface area contributed by atoms with Crippen molar-refractivity contribution >= 4 is 23.2 Å². The lowest BCUT2D eigenvalue weighted by Crippen LogP contribution is -2.25. The Kier molecular flexibility index (Phi) is 4.22. The first-order valence-corrected chi connectivity index (χ1v) is 7.04. The number of anilines is 2. The molecular weight excluding hydrogens is 341 g/mol. The van der Waals surface area contributed by atoms with Gasteiger partial charge in [-0.15, -0.1) is 13.2 Å². The Hall–Kier alpha value is -3.23. The van der Waals surface area contributed by atoms with Gasteiger partial charge in [0.15, 0.2) is 6.61 Å². The minimum absolute atomic E-state index is 0.0924. The van der Waals surface area contributed by atoms with Gasteiger partial charge in [-0.2, -0.15) is 0 Å². The van der Waals surface area contributed by atoms with Crippen molar-refractivity contribution in [3.8, 4) is 11.5 Å². The Morgan fingerprint density at radius 3 is 2.56 bits per heavy atom. The third-order valence-electron chi connectivity index (χ3n) is 3.22. The number of fused-ring (bicyclic) bond motifs is 1. The minimum atomic E-state index is -4.78. The van der Waals surface area contributed by atoms with Gasteiger partial charge in [0.05, 0.1) is 5.69 Å². The van der Waals surface area contributed by atoms with E-state index < -0.39 is 12.3 Å². The van der Waals surface area contributed by atoms with E-state index in [1.54, 1.807) is 6.07 Å². The van der Waals surface area contributed by atoms with E-state index in [4.69, 9.17) is 4.74 Å². The smallest absolute Gasteiger partial charge is 0.482 e. The highest BCUT2D eigenvalue weighted by atomic mass is 19.4. The molecule has 3 rings (SSSR count). The number of ether oxygens (including phenoxy) is 2. The van der Waals surface area contributed by atoms with Crippen LogP contribution in [0.2, 0.25) is 0 Å². The summed E-state index contributed by atoms with van der Waals surface area (Å²) in [4.78, 5) is 23.5. The van der Waals surface area contributed by atoms with Crippen molar-refractivity contribution in [2.24, 2.45) is 0 Å². The fraction of sp³-hybridized carbons (Fsp3) is 0.125. The van der Waals surface area contributed by atoms with Crippen molar-refractivity contribution in [3.05, 3.63) is 48.0 Å². The summed E-state index contributed by atoms with van der Waals surface area (Å²) in [7, 11) is 0. The molecule has 0 bridgehead atoms. The lowest BCUT2D eigenvalue weighted by Gasteiger charge is -2.18. The van der Waals surface area contributed by atoms with Gasteiger partial charge in [0.25, 0.3) is 11.8 Å². The Morgan fingerprint density at radius 1 is 1.16 bits per heavy atom. The van der Waals surface area contributed by atoms with Crippen LogP contribution < -0.4 is 20.1 Å². The van der Waals surface area contributed by atoms with E-state index in [-0.39, 0.29) is 29.5 Å². The number of hydrogen-bond donors (Lipinski definition) is 2. The molecule has 0 saturated carbocycles. The topological polar surface area (TPSA) is 76.7 Å². The second-order valence-electron chi connectivity index (χ2n) is 5.07. The Labute approximate surface area is 139 Å². The van der Waals surface area contributed by atoms with Crippen LogP contribution in [0.3, 0.4) is 0 Å². The molecule has 9 heteroatoms. The SMILES string of the molecule is O=C1COc2ccc(C(=O)Nc3ccc(OC(F)(F)F)cc3)cc2N1. The van der Waals surface area contributed by atoms with Crippen molar-refractivity contribution in [1.82, 2.24) is 0 Å². The average molecular weight is 352 g/mol. The fourth-order valence-electron chi connectivity index (χ4n) is 2.17. The molecule has 1 aliphatic heterocycles. The van der Waals surface area contributed by atoms with Crippen molar-refractivity contribution in [2.75, 3.05) is 17.2 Å². The normalized spacial score (nSPS) is 13.3. The first-order chi connectivity index (χ1) is 11.8. The lowest BCUT2D eigenvalue weighted by atomic mass is 10.1. The third-order valence-corrected chi connectivity index (χ3v) is 3.22. The predicted molar refractivity (Wildman–Crippen MR) is 81.6 cm³/mol. The molecule has 0 radical (unpaired) electrons. The Bertz CT molecular complexity index is 819. The van der Waals surface area contributed by atoms with Crippen LogP contribution in [0, 0.1) is 0 Å². The van der Waals surface area contributed by atoms with Crippen molar-refractivity contribution in [2.45, 2.75) is 6.36 Å². The summed E-state index contributed by atoms with van der Waals surface area (Å²) in [5.74, 6) is -0.763. The van der Waals surface area contributed by atoms with Gasteiger partial charge >= 0.3 is 6.36 Å². The molecule has 25 heavy (non-hydrogen) atoms. The fourth-order valence-corrected chi connectivity index (χ4v) is 2.17. The average Bonchev–Trinajstić information content (AvgIpc) is 2.54. The van der Waals surface area contributed by atoms with Gasteiger partial charge in [-0.1, -0.05) is 0 Å². The highest BCUT2D eigenvalue weighted by Crippen LogP contribution is 2.29. The number of carbonyl (C=O) groups is 2. The summed E-state index contributed by atoms with van der Waals surface area (Å²) >= 11 is 0. The molecule has 0 atom stereocenters. The number of alkyl halides is 3. The van der Waals surface area contributed by atoms with Crippen LogP contribution in [0.15, 0.2) is 42.5 Å². The Morgan fingerprint density at radius 2 is 1.88 bits per heavy atom. The van der Waals surface area contributed by atoms with Crippen LogP contribution in [0.4, 0.5) is 24.5 Å². The number of carbonyl (C=O) groups excluding carboxylic acids is 2. The summed E-state index contributed by atoms with van der Waals surface area (Å²) < 4.78 is 45.3. The molecule has 2 aromatic rings. The molecule has 0 unspecified atom stereocenters. The highest BCUT2D eigenvalue weighted by molar-refractivity contribution is 6.06. The summed E-state index contributed by atoms with van der Waals surface area (Å²) in [6, 6.07) is 9.23. The van der Waals surface area contributed by atoms with Gasteiger partial charge in [0.2, 0.25) is 0 Å². The number of rotatable bonds is 3. The molecule has 2 amide bonds. The standard InChI is InChI=1S/C16H11F3N2O4/c17-16(18,19)25-11-4-2-10(3-5-11)20-15(23)9-1-6-13-12(7-9)21-14(22)8-24-13/h1-7H,8H2,(H,20,23)(H,21,22). The van der Waals surface area contributed by atoms with Crippen LogP contribution in [-0.2, 0) is 4.79 Å². The van der Waals surface area contributed by atoms with E-state index in [9.17, 15) is 22.8 Å². The number of halogens is 3. The lowest BCUT2D eigenvalue weighted by molar-refractivity contribution is -0.274. The first kappa shape index (κ1) is 16.6. The van der Waals surface area contributed by atoms with E-state index in [2.05, 4.69) is 15.4 Å². The minimum Gasteiger partial charge on any atom is -0.482 e. The predicted octanol–water partition coefficient (Wildman–Crippen LogP) is 3.17. The van der Waals surface area contributed by atoms with Crippen molar-refractivity contribution in [3.63, 3.8) is 0 Å². The van der Waals surface area contributed by atoms with Crippen LogP contribution in [0.1, 0.15) is 10.4 Å². The second kappa shape index (κ2) is 6.34. The first-order valence-electron chi connectivity index (χ1n) is 7.04. The molecule has 1 aliphatic rings. The van der Waals surface area contributed by atoms with E-state index in [0.29, 0.717) is 11.4 Å². The molecule has 0 fully saturated rings. The summed E-state index contributed by atoms with van der Waals surface area (Å²) in [5.41, 5.74) is 0.913.